The van der Waals surface area contributed by atoms with Crippen molar-refractivity contribution in [1.29, 1.82) is 0 Å². The number of carboxylic acids is 1. The minimum atomic E-state index is -1.10. The molecule has 1 saturated heterocycles. The minimum Gasteiger partial charge on any atom is -0.550 e. The molecule has 0 spiro atoms. The van der Waals surface area contributed by atoms with Gasteiger partial charge in [-0.05, 0) is 26.2 Å². The standard InChI is InChI=1S/C8H18N.C8H16O5/c1-3-9(2)7-5-4-6-8-9;1-11-4-5-13-7-6-12-3-2-8(9)10/h3-8H2,1-2H3;2-7H2,1H3,(H,9,10)/q+1;/p-1. The van der Waals surface area contributed by atoms with Crippen molar-refractivity contribution in [2.45, 2.75) is 32.6 Å². The molecule has 0 N–H and O–H groups in total. The van der Waals surface area contributed by atoms with Gasteiger partial charge in [0.1, 0.15) is 0 Å². The second-order valence-electron chi connectivity index (χ2n) is 5.78. The third-order valence-electron chi connectivity index (χ3n) is 3.91. The Balaban J connectivity index is 0.000000425. The minimum absolute atomic E-state index is 0.0714. The molecule has 1 fully saturated rings. The fourth-order valence-electron chi connectivity index (χ4n) is 2.21. The Morgan fingerprint density at radius 1 is 1.00 bits per heavy atom. The fourth-order valence-corrected chi connectivity index (χ4v) is 2.21. The van der Waals surface area contributed by atoms with Gasteiger partial charge in [0.25, 0.3) is 0 Å². The van der Waals surface area contributed by atoms with Crippen LogP contribution in [0, 0.1) is 0 Å². The van der Waals surface area contributed by atoms with Crippen LogP contribution in [0.2, 0.25) is 0 Å². The summed E-state index contributed by atoms with van der Waals surface area (Å²) >= 11 is 0. The molecule has 0 bridgehead atoms. The van der Waals surface area contributed by atoms with Gasteiger partial charge in [-0.25, -0.2) is 0 Å². The molecule has 1 heterocycles. The summed E-state index contributed by atoms with van der Waals surface area (Å²) in [5.41, 5.74) is 0. The number of carboxylic acid groups (broad SMARTS) is 1. The molecule has 0 atom stereocenters. The molecular formula is C16H33NO5. The molecule has 1 rings (SSSR count). The Morgan fingerprint density at radius 2 is 1.55 bits per heavy atom. The molecule has 22 heavy (non-hydrogen) atoms. The van der Waals surface area contributed by atoms with Crippen LogP contribution in [0.5, 0.6) is 0 Å². The number of likely N-dealkylation sites (tertiary alicyclic amines) is 1. The van der Waals surface area contributed by atoms with Gasteiger partial charge in [-0.2, -0.15) is 0 Å². The van der Waals surface area contributed by atoms with Crippen LogP contribution in [0.3, 0.4) is 0 Å². The smallest absolute Gasteiger partial charge is 0.0784 e. The van der Waals surface area contributed by atoms with Crippen LogP contribution in [0.1, 0.15) is 32.6 Å². The summed E-state index contributed by atoms with van der Waals surface area (Å²) in [5, 5.41) is 9.93. The van der Waals surface area contributed by atoms with Gasteiger partial charge in [0.05, 0.1) is 59.7 Å². The maximum absolute atomic E-state index is 9.93. The second kappa shape index (κ2) is 13.9. The number of carbonyl (C=O) groups is 1. The largest absolute Gasteiger partial charge is 0.550 e. The van der Waals surface area contributed by atoms with E-state index in [0.717, 1.165) is 0 Å². The lowest BCUT2D eigenvalue weighted by Crippen LogP contribution is -2.47. The van der Waals surface area contributed by atoms with Crippen LogP contribution in [-0.2, 0) is 19.0 Å². The average molecular weight is 319 g/mol. The summed E-state index contributed by atoms with van der Waals surface area (Å²) in [4.78, 5) is 9.93. The lowest BCUT2D eigenvalue weighted by atomic mass is 10.1. The third-order valence-corrected chi connectivity index (χ3v) is 3.91. The molecule has 1 aliphatic heterocycles. The van der Waals surface area contributed by atoms with E-state index in [9.17, 15) is 9.90 Å². The van der Waals surface area contributed by atoms with E-state index in [2.05, 4.69) is 14.0 Å². The van der Waals surface area contributed by atoms with E-state index in [1.165, 1.54) is 43.4 Å². The molecular weight excluding hydrogens is 286 g/mol. The molecule has 1 aliphatic rings. The number of quaternary nitrogens is 1. The van der Waals surface area contributed by atoms with Crippen LogP contribution in [0.15, 0.2) is 0 Å². The highest BCUT2D eigenvalue weighted by Crippen LogP contribution is 2.14. The van der Waals surface area contributed by atoms with Crippen LogP contribution in [0.25, 0.3) is 0 Å². The number of hydrogen-bond acceptors (Lipinski definition) is 5. The van der Waals surface area contributed by atoms with Crippen molar-refractivity contribution in [2.75, 3.05) is 66.8 Å². The monoisotopic (exact) mass is 319 g/mol. The first-order valence-corrected chi connectivity index (χ1v) is 8.22. The Bertz CT molecular complexity index is 267. The molecule has 6 nitrogen and oxygen atoms in total. The molecule has 0 aromatic carbocycles. The molecule has 0 aliphatic carbocycles. The van der Waals surface area contributed by atoms with E-state index in [-0.39, 0.29) is 13.0 Å². The van der Waals surface area contributed by atoms with E-state index in [0.29, 0.717) is 26.4 Å². The van der Waals surface area contributed by atoms with E-state index >= 15 is 0 Å². The predicted octanol–water partition coefficient (Wildman–Crippen LogP) is 0.443. The zero-order chi connectivity index (χ0) is 16.7. The van der Waals surface area contributed by atoms with Gasteiger partial charge in [-0.1, -0.05) is 0 Å². The van der Waals surface area contributed by atoms with Crippen molar-refractivity contribution < 1.29 is 28.6 Å². The summed E-state index contributed by atoms with van der Waals surface area (Å²) in [6.07, 6.45) is 4.29. The fraction of sp³-hybridized carbons (Fsp3) is 0.938. The second-order valence-corrected chi connectivity index (χ2v) is 5.78. The molecule has 0 radical (unpaired) electrons. The third kappa shape index (κ3) is 13.0. The summed E-state index contributed by atoms with van der Waals surface area (Å²) in [5.74, 6) is -1.10. The van der Waals surface area contributed by atoms with E-state index in [1.807, 2.05) is 0 Å². The highest BCUT2D eigenvalue weighted by atomic mass is 16.5. The van der Waals surface area contributed by atoms with Crippen LogP contribution in [-0.4, -0.2) is 77.3 Å². The van der Waals surface area contributed by atoms with Gasteiger partial charge in [0, 0.05) is 19.5 Å². The Labute approximate surface area is 134 Å². The van der Waals surface area contributed by atoms with Crippen LogP contribution < -0.4 is 5.11 Å². The lowest BCUT2D eigenvalue weighted by molar-refractivity contribution is -0.912. The number of methoxy groups -OCH3 is 1. The van der Waals surface area contributed by atoms with E-state index in [1.54, 1.807) is 7.11 Å². The molecule has 6 heteroatoms. The Hall–Kier alpha value is -0.690. The predicted molar refractivity (Wildman–Crippen MR) is 83.4 cm³/mol. The molecule has 132 valence electrons. The average Bonchev–Trinajstić information content (AvgIpc) is 2.51. The quantitative estimate of drug-likeness (QED) is 0.432. The molecule has 0 aromatic heterocycles. The van der Waals surface area contributed by atoms with E-state index in [4.69, 9.17) is 14.2 Å². The van der Waals surface area contributed by atoms with Crippen LogP contribution in [0.4, 0.5) is 0 Å². The highest BCUT2D eigenvalue weighted by Gasteiger charge is 2.21. The summed E-state index contributed by atoms with van der Waals surface area (Å²) in [7, 11) is 3.97. The lowest BCUT2D eigenvalue weighted by Gasteiger charge is -2.36. The number of nitrogens with zero attached hydrogens (tertiary/aromatic N) is 1. The van der Waals surface area contributed by atoms with Crippen molar-refractivity contribution in [3.8, 4) is 0 Å². The molecule has 0 aromatic rings. The number of piperidine rings is 1. The Morgan fingerprint density at radius 3 is 2.00 bits per heavy atom. The topological polar surface area (TPSA) is 67.8 Å². The summed E-state index contributed by atoms with van der Waals surface area (Å²) in [6, 6.07) is 0. The number of rotatable bonds is 10. The first-order valence-electron chi connectivity index (χ1n) is 8.22. The van der Waals surface area contributed by atoms with Crippen LogP contribution >= 0.6 is 0 Å². The number of carbonyl (C=O) groups excluding carboxylic acids is 1. The van der Waals surface area contributed by atoms with Gasteiger partial charge in [-0.3, -0.25) is 0 Å². The van der Waals surface area contributed by atoms with E-state index < -0.39 is 5.97 Å². The zero-order valence-electron chi connectivity index (χ0n) is 14.5. The maximum Gasteiger partial charge on any atom is 0.0784 e. The van der Waals surface area contributed by atoms with Gasteiger partial charge in [0.15, 0.2) is 0 Å². The summed E-state index contributed by atoms with van der Waals surface area (Å²) in [6.45, 7) is 8.56. The highest BCUT2D eigenvalue weighted by molar-refractivity contribution is 5.64. The summed E-state index contributed by atoms with van der Waals surface area (Å²) < 4.78 is 16.1. The van der Waals surface area contributed by atoms with Crippen molar-refractivity contribution in [3.63, 3.8) is 0 Å². The van der Waals surface area contributed by atoms with Crippen molar-refractivity contribution >= 4 is 5.97 Å². The first kappa shape index (κ1) is 21.3. The zero-order valence-corrected chi connectivity index (χ0v) is 14.5. The van der Waals surface area contributed by atoms with Crippen molar-refractivity contribution in [1.82, 2.24) is 0 Å². The number of ether oxygens (including phenoxy) is 3. The molecule has 0 unspecified atom stereocenters. The van der Waals surface area contributed by atoms with Gasteiger partial charge in [0.2, 0.25) is 0 Å². The molecule has 0 amide bonds. The van der Waals surface area contributed by atoms with Crippen molar-refractivity contribution in [3.05, 3.63) is 0 Å². The van der Waals surface area contributed by atoms with Gasteiger partial charge in [-0.15, -0.1) is 0 Å². The number of aliphatic carboxylic acids is 1. The van der Waals surface area contributed by atoms with Crippen molar-refractivity contribution in [2.24, 2.45) is 0 Å². The van der Waals surface area contributed by atoms with Gasteiger partial charge >= 0.3 is 0 Å². The maximum atomic E-state index is 9.93. The number of hydrogen-bond donors (Lipinski definition) is 0. The first-order chi connectivity index (χ1) is 10.5. The Kier molecular flexibility index (Phi) is 13.5. The SMILES string of the molecule is CC[N+]1(C)CCCCC1.COCCOCCOCCC(=O)[O-]. The normalized spacial score (nSPS) is 16.7. The van der Waals surface area contributed by atoms with Gasteiger partial charge < -0.3 is 28.6 Å². The molecule has 0 saturated carbocycles.